The lowest BCUT2D eigenvalue weighted by Gasteiger charge is -2.12. The molecule has 100 valence electrons. The van der Waals surface area contributed by atoms with Crippen LogP contribution in [-0.2, 0) is 17.7 Å². The van der Waals surface area contributed by atoms with Crippen LogP contribution in [0.25, 0.3) is 10.9 Å². The zero-order valence-corrected chi connectivity index (χ0v) is 11.5. The van der Waals surface area contributed by atoms with Gasteiger partial charge in [-0.2, -0.15) is 0 Å². The fourth-order valence-electron chi connectivity index (χ4n) is 2.28. The van der Waals surface area contributed by atoms with Crippen molar-refractivity contribution in [2.24, 2.45) is 0 Å². The lowest BCUT2D eigenvalue weighted by Crippen LogP contribution is -2.26. The molecule has 0 radical (unpaired) electrons. The average Bonchev–Trinajstić information content (AvgIpc) is 3.21. The number of epoxide rings is 1. The van der Waals surface area contributed by atoms with E-state index in [4.69, 9.17) is 16.3 Å². The van der Waals surface area contributed by atoms with Gasteiger partial charge >= 0.3 is 0 Å². The molecule has 0 spiro atoms. The van der Waals surface area contributed by atoms with Gasteiger partial charge in [-0.05, 0) is 18.6 Å². The molecule has 0 saturated carbocycles. The molecule has 1 aromatic carbocycles. The van der Waals surface area contributed by atoms with E-state index in [-0.39, 0.29) is 5.56 Å². The van der Waals surface area contributed by atoms with Crippen LogP contribution in [0.1, 0.15) is 19.2 Å². The Morgan fingerprint density at radius 2 is 2.32 bits per heavy atom. The zero-order chi connectivity index (χ0) is 13.4. The number of aromatic nitrogens is 2. The lowest BCUT2D eigenvalue weighted by molar-refractivity contribution is 0.381. The predicted molar refractivity (Wildman–Crippen MR) is 74.7 cm³/mol. The number of halogens is 1. The van der Waals surface area contributed by atoms with Crippen LogP contribution in [0, 0.1) is 0 Å². The Bertz CT molecular complexity index is 677. The summed E-state index contributed by atoms with van der Waals surface area (Å²) in [4.78, 5) is 17.1. The van der Waals surface area contributed by atoms with Crippen LogP contribution in [0.5, 0.6) is 0 Å². The molecule has 1 aliphatic heterocycles. The second kappa shape index (κ2) is 4.94. The molecule has 0 bridgehead atoms. The number of fused-ring (bicyclic) bond motifs is 1. The highest BCUT2D eigenvalue weighted by molar-refractivity contribution is 6.35. The monoisotopic (exact) mass is 278 g/mol. The molecule has 3 rings (SSSR count). The molecule has 1 aromatic heterocycles. The minimum atomic E-state index is -0.0481. The van der Waals surface area contributed by atoms with E-state index >= 15 is 0 Å². The minimum Gasteiger partial charge on any atom is -0.373 e. The predicted octanol–water partition coefficient (Wildman–Crippen LogP) is 2.40. The number of nitrogens with zero attached hydrogens (tertiary/aromatic N) is 2. The normalized spacial score (nSPS) is 17.9. The van der Waals surface area contributed by atoms with Crippen molar-refractivity contribution in [3.05, 3.63) is 39.4 Å². The van der Waals surface area contributed by atoms with E-state index in [1.54, 1.807) is 10.6 Å². The first-order chi connectivity index (χ1) is 9.20. The Morgan fingerprint density at radius 3 is 3.00 bits per heavy atom. The molecule has 0 amide bonds. The molecular formula is C14H15ClN2O2. The number of ether oxygens (including phenoxy) is 1. The fraction of sp³-hybridized carbons (Fsp3) is 0.429. The molecule has 19 heavy (non-hydrogen) atoms. The van der Waals surface area contributed by atoms with E-state index in [9.17, 15) is 4.79 Å². The van der Waals surface area contributed by atoms with Gasteiger partial charge in [-0.15, -0.1) is 0 Å². The number of hydrogen-bond donors (Lipinski definition) is 0. The molecule has 1 fully saturated rings. The summed E-state index contributed by atoms with van der Waals surface area (Å²) in [6, 6.07) is 5.38. The molecule has 1 unspecified atom stereocenters. The van der Waals surface area contributed by atoms with Crippen LogP contribution in [0.15, 0.2) is 23.0 Å². The number of aryl methyl sites for hydroxylation is 1. The van der Waals surface area contributed by atoms with Crippen LogP contribution in [0.3, 0.4) is 0 Å². The first-order valence-corrected chi connectivity index (χ1v) is 6.88. The van der Waals surface area contributed by atoms with Crippen molar-refractivity contribution in [3.8, 4) is 0 Å². The van der Waals surface area contributed by atoms with Crippen molar-refractivity contribution in [3.63, 3.8) is 0 Å². The standard InChI is InChI=1S/C14H15ClN2O2/c1-2-12-16-11-5-3-4-10(15)13(11)14(18)17(12)7-6-9-8-19-9/h3-5,9H,2,6-8H2,1H3. The van der Waals surface area contributed by atoms with Crippen molar-refractivity contribution >= 4 is 22.5 Å². The third-order valence-corrected chi connectivity index (χ3v) is 3.72. The highest BCUT2D eigenvalue weighted by atomic mass is 35.5. The van der Waals surface area contributed by atoms with Gasteiger partial charge in [0.15, 0.2) is 0 Å². The van der Waals surface area contributed by atoms with Gasteiger partial charge in [-0.3, -0.25) is 9.36 Å². The van der Waals surface area contributed by atoms with E-state index in [1.807, 2.05) is 19.1 Å². The van der Waals surface area contributed by atoms with Crippen LogP contribution in [0.4, 0.5) is 0 Å². The first kappa shape index (κ1) is 12.6. The molecule has 0 aliphatic carbocycles. The maximum absolute atomic E-state index is 12.6. The van der Waals surface area contributed by atoms with E-state index in [2.05, 4.69) is 4.98 Å². The fourth-order valence-corrected chi connectivity index (χ4v) is 2.53. The Hall–Kier alpha value is -1.39. The highest BCUT2D eigenvalue weighted by Crippen LogP contribution is 2.20. The maximum Gasteiger partial charge on any atom is 0.262 e. The van der Waals surface area contributed by atoms with Gasteiger partial charge in [0.1, 0.15) is 5.82 Å². The van der Waals surface area contributed by atoms with Gasteiger partial charge in [0.05, 0.1) is 28.6 Å². The highest BCUT2D eigenvalue weighted by Gasteiger charge is 2.23. The summed E-state index contributed by atoms with van der Waals surface area (Å²) < 4.78 is 6.93. The maximum atomic E-state index is 12.6. The van der Waals surface area contributed by atoms with Gasteiger partial charge < -0.3 is 4.74 Å². The largest absolute Gasteiger partial charge is 0.373 e. The summed E-state index contributed by atoms with van der Waals surface area (Å²) in [6.45, 7) is 3.45. The Labute approximate surface area is 116 Å². The van der Waals surface area contributed by atoms with Crippen molar-refractivity contribution in [2.75, 3.05) is 6.61 Å². The third kappa shape index (κ3) is 2.38. The summed E-state index contributed by atoms with van der Waals surface area (Å²) >= 11 is 6.13. The van der Waals surface area contributed by atoms with Gasteiger partial charge in [0.2, 0.25) is 0 Å². The van der Waals surface area contributed by atoms with Crippen molar-refractivity contribution in [1.82, 2.24) is 9.55 Å². The number of benzene rings is 1. The summed E-state index contributed by atoms with van der Waals surface area (Å²) in [6.07, 6.45) is 1.88. The van der Waals surface area contributed by atoms with Crippen LogP contribution < -0.4 is 5.56 Å². The van der Waals surface area contributed by atoms with E-state index in [0.29, 0.717) is 28.6 Å². The first-order valence-electron chi connectivity index (χ1n) is 6.50. The van der Waals surface area contributed by atoms with Crippen LogP contribution >= 0.6 is 11.6 Å². The van der Waals surface area contributed by atoms with E-state index in [0.717, 1.165) is 25.3 Å². The molecule has 1 atom stereocenters. The number of hydrogen-bond acceptors (Lipinski definition) is 3. The lowest BCUT2D eigenvalue weighted by atomic mass is 10.2. The van der Waals surface area contributed by atoms with Crippen molar-refractivity contribution in [1.29, 1.82) is 0 Å². The van der Waals surface area contributed by atoms with Gasteiger partial charge in [0, 0.05) is 13.0 Å². The Kier molecular flexibility index (Phi) is 3.29. The zero-order valence-electron chi connectivity index (χ0n) is 10.7. The summed E-state index contributed by atoms with van der Waals surface area (Å²) in [5.41, 5.74) is 0.626. The quantitative estimate of drug-likeness (QED) is 0.807. The molecule has 1 saturated heterocycles. The second-order valence-corrected chi connectivity index (χ2v) is 5.12. The summed E-state index contributed by atoms with van der Waals surface area (Å²) in [7, 11) is 0. The van der Waals surface area contributed by atoms with Crippen molar-refractivity contribution in [2.45, 2.75) is 32.4 Å². The molecule has 2 heterocycles. The SMILES string of the molecule is CCc1nc2cccc(Cl)c2c(=O)n1CCC1CO1. The van der Waals surface area contributed by atoms with E-state index in [1.165, 1.54) is 0 Å². The molecular weight excluding hydrogens is 264 g/mol. The Balaban J connectivity index is 2.14. The average molecular weight is 279 g/mol. The van der Waals surface area contributed by atoms with Gasteiger partial charge in [0.25, 0.3) is 5.56 Å². The molecule has 4 nitrogen and oxygen atoms in total. The molecule has 2 aromatic rings. The Morgan fingerprint density at radius 1 is 1.53 bits per heavy atom. The van der Waals surface area contributed by atoms with Crippen LogP contribution in [-0.4, -0.2) is 22.3 Å². The van der Waals surface area contributed by atoms with Gasteiger partial charge in [-0.25, -0.2) is 4.98 Å². The van der Waals surface area contributed by atoms with Crippen molar-refractivity contribution < 1.29 is 4.74 Å². The van der Waals surface area contributed by atoms with Crippen LogP contribution in [0.2, 0.25) is 5.02 Å². The molecule has 5 heteroatoms. The third-order valence-electron chi connectivity index (χ3n) is 3.40. The summed E-state index contributed by atoms with van der Waals surface area (Å²) in [5, 5.41) is 0.979. The topological polar surface area (TPSA) is 47.4 Å². The second-order valence-electron chi connectivity index (χ2n) is 4.72. The minimum absolute atomic E-state index is 0.0481. The smallest absolute Gasteiger partial charge is 0.262 e. The molecule has 0 N–H and O–H groups in total. The molecule has 1 aliphatic rings. The van der Waals surface area contributed by atoms with E-state index < -0.39 is 0 Å². The summed E-state index contributed by atoms with van der Waals surface area (Å²) in [5.74, 6) is 0.806. The number of rotatable bonds is 4. The van der Waals surface area contributed by atoms with Gasteiger partial charge in [-0.1, -0.05) is 24.6 Å².